The van der Waals surface area contributed by atoms with Crippen molar-refractivity contribution in [2.24, 2.45) is 0 Å². The minimum atomic E-state index is -1.14. The molecule has 10 nitrogen and oxygen atoms in total. The third kappa shape index (κ3) is 4.47. The van der Waals surface area contributed by atoms with Crippen molar-refractivity contribution in [1.82, 2.24) is 15.2 Å². The van der Waals surface area contributed by atoms with E-state index in [-0.39, 0.29) is 50.2 Å². The maximum absolute atomic E-state index is 12.8. The maximum Gasteiger partial charge on any atom is 0.407 e. The monoisotopic (exact) mass is 477 g/mol. The smallest absolute Gasteiger partial charge is 0.407 e. The number of aliphatic carboxylic acids is 1. The maximum atomic E-state index is 12.8. The minimum Gasteiger partial charge on any atom is -0.479 e. The number of amides is 2. The van der Waals surface area contributed by atoms with E-state index in [0.717, 1.165) is 28.6 Å². The molecule has 35 heavy (non-hydrogen) atoms. The summed E-state index contributed by atoms with van der Waals surface area (Å²) in [6, 6.07) is 16.1. The fraction of sp³-hybridized carbons (Fsp3) is 0.280. The van der Waals surface area contributed by atoms with Gasteiger partial charge in [-0.15, -0.1) is 0 Å². The van der Waals surface area contributed by atoms with Gasteiger partial charge >= 0.3 is 12.1 Å². The molecule has 180 valence electrons. The van der Waals surface area contributed by atoms with E-state index in [0.29, 0.717) is 0 Å². The zero-order valence-electron chi connectivity index (χ0n) is 18.7. The molecule has 1 atom stereocenters. The van der Waals surface area contributed by atoms with Crippen LogP contribution < -0.4 is 5.32 Å². The second kappa shape index (κ2) is 9.59. The highest BCUT2D eigenvalue weighted by atomic mass is 16.5. The predicted octanol–water partition coefficient (Wildman–Crippen LogP) is 2.64. The predicted molar refractivity (Wildman–Crippen MR) is 122 cm³/mol. The van der Waals surface area contributed by atoms with Gasteiger partial charge in [0.1, 0.15) is 6.61 Å². The topological polar surface area (TPSA) is 131 Å². The van der Waals surface area contributed by atoms with Crippen LogP contribution in [0.25, 0.3) is 11.1 Å². The Morgan fingerprint density at radius 2 is 1.77 bits per heavy atom. The van der Waals surface area contributed by atoms with Gasteiger partial charge in [0.25, 0.3) is 5.91 Å². The third-order valence-corrected chi connectivity index (χ3v) is 6.21. The Balaban J connectivity index is 1.19. The van der Waals surface area contributed by atoms with Crippen molar-refractivity contribution in [3.05, 3.63) is 77.5 Å². The number of morpholine rings is 1. The number of hydrogen-bond donors (Lipinski definition) is 2. The number of carboxylic acid groups (broad SMARTS) is 1. The summed E-state index contributed by atoms with van der Waals surface area (Å²) >= 11 is 0. The van der Waals surface area contributed by atoms with Gasteiger partial charge in [0.05, 0.1) is 19.7 Å². The van der Waals surface area contributed by atoms with E-state index < -0.39 is 24.1 Å². The number of nitrogens with zero attached hydrogens (tertiary/aromatic N) is 2. The SMILES string of the molecule is O=C(NCc1ocnc1C(=O)N1CCOC(C(=O)O)C1)OCC1c2ccccc2-c2ccccc21. The Labute approximate surface area is 200 Å². The molecule has 1 saturated heterocycles. The highest BCUT2D eigenvalue weighted by Crippen LogP contribution is 2.44. The molecule has 2 N–H and O–H groups in total. The number of hydrogen-bond acceptors (Lipinski definition) is 7. The second-order valence-electron chi connectivity index (χ2n) is 8.25. The second-order valence-corrected chi connectivity index (χ2v) is 8.25. The Kier molecular flexibility index (Phi) is 6.19. The zero-order valence-corrected chi connectivity index (χ0v) is 18.7. The average Bonchev–Trinajstić information content (AvgIpc) is 3.48. The van der Waals surface area contributed by atoms with Crippen LogP contribution in [-0.4, -0.2) is 65.4 Å². The van der Waals surface area contributed by atoms with Gasteiger partial charge in [0.15, 0.2) is 24.0 Å². The van der Waals surface area contributed by atoms with Gasteiger partial charge < -0.3 is 29.2 Å². The summed E-state index contributed by atoms with van der Waals surface area (Å²) in [7, 11) is 0. The van der Waals surface area contributed by atoms with E-state index >= 15 is 0 Å². The molecule has 2 amide bonds. The number of carbonyl (C=O) groups is 3. The van der Waals surface area contributed by atoms with Gasteiger partial charge in [0, 0.05) is 12.5 Å². The number of carbonyl (C=O) groups excluding carboxylic acids is 2. The third-order valence-electron chi connectivity index (χ3n) is 6.21. The van der Waals surface area contributed by atoms with Crippen LogP contribution in [0, 0.1) is 0 Å². The lowest BCUT2D eigenvalue weighted by atomic mass is 9.98. The molecule has 1 aliphatic carbocycles. The first kappa shape index (κ1) is 22.6. The molecule has 1 fully saturated rings. The van der Waals surface area contributed by atoms with Gasteiger partial charge in [-0.3, -0.25) is 4.79 Å². The molecule has 2 heterocycles. The highest BCUT2D eigenvalue weighted by Gasteiger charge is 2.32. The van der Waals surface area contributed by atoms with Crippen molar-refractivity contribution in [2.75, 3.05) is 26.3 Å². The molecule has 0 radical (unpaired) electrons. The quantitative estimate of drug-likeness (QED) is 0.554. The number of benzene rings is 2. The number of alkyl carbamates (subject to hydrolysis) is 1. The van der Waals surface area contributed by atoms with E-state index in [4.69, 9.17) is 19.0 Å². The molecule has 3 aromatic rings. The van der Waals surface area contributed by atoms with Crippen LogP contribution in [0.5, 0.6) is 0 Å². The molecule has 1 aromatic heterocycles. The molecule has 0 bridgehead atoms. The standard InChI is InChI=1S/C25H23N3O7/c29-23(28-9-10-33-21(12-28)24(30)31)22-20(35-14-27-22)11-26-25(32)34-13-19-17-7-3-1-5-15(17)16-6-2-4-8-18(16)19/h1-8,14,19,21H,9-13H2,(H,26,32)(H,30,31). The van der Waals surface area contributed by atoms with Crippen molar-refractivity contribution in [1.29, 1.82) is 0 Å². The lowest BCUT2D eigenvalue weighted by molar-refractivity contribution is -0.154. The largest absolute Gasteiger partial charge is 0.479 e. The van der Waals surface area contributed by atoms with Gasteiger partial charge in [-0.25, -0.2) is 14.6 Å². The lowest BCUT2D eigenvalue weighted by Crippen LogP contribution is -2.48. The van der Waals surface area contributed by atoms with Gasteiger partial charge in [-0.05, 0) is 22.3 Å². The molecule has 0 spiro atoms. The molecule has 2 aromatic carbocycles. The number of oxazole rings is 1. The molecule has 2 aliphatic rings. The van der Waals surface area contributed by atoms with Crippen molar-refractivity contribution in [3.8, 4) is 11.1 Å². The first-order valence-corrected chi connectivity index (χ1v) is 11.2. The molecule has 1 aliphatic heterocycles. The number of aromatic nitrogens is 1. The van der Waals surface area contributed by atoms with Crippen molar-refractivity contribution >= 4 is 18.0 Å². The first-order valence-electron chi connectivity index (χ1n) is 11.2. The summed E-state index contributed by atoms with van der Waals surface area (Å²) in [5, 5.41) is 11.7. The van der Waals surface area contributed by atoms with Crippen LogP contribution >= 0.6 is 0 Å². The molecule has 0 saturated carbocycles. The van der Waals surface area contributed by atoms with E-state index in [2.05, 4.69) is 22.4 Å². The van der Waals surface area contributed by atoms with Crippen LogP contribution in [0.4, 0.5) is 4.79 Å². The van der Waals surface area contributed by atoms with E-state index in [1.165, 1.54) is 4.90 Å². The number of rotatable bonds is 6. The summed E-state index contributed by atoms with van der Waals surface area (Å²) in [6.45, 7) is 0.291. The Morgan fingerprint density at radius 1 is 1.09 bits per heavy atom. The highest BCUT2D eigenvalue weighted by molar-refractivity contribution is 5.93. The van der Waals surface area contributed by atoms with Gasteiger partial charge in [0.2, 0.25) is 0 Å². The molecular formula is C25H23N3O7. The van der Waals surface area contributed by atoms with Gasteiger partial charge in [-0.1, -0.05) is 48.5 Å². The summed E-state index contributed by atoms with van der Waals surface area (Å²) in [6.07, 6.45) is -0.641. The molecular weight excluding hydrogens is 454 g/mol. The number of carboxylic acids is 1. The number of ether oxygens (including phenoxy) is 2. The Hall–Kier alpha value is -4.18. The average molecular weight is 477 g/mol. The summed E-state index contributed by atoms with van der Waals surface area (Å²) in [5.41, 5.74) is 4.49. The molecule has 1 unspecified atom stereocenters. The minimum absolute atomic E-state index is 0.00925. The van der Waals surface area contributed by atoms with Crippen molar-refractivity contribution in [3.63, 3.8) is 0 Å². The van der Waals surface area contributed by atoms with Crippen LogP contribution in [0.15, 0.2) is 59.3 Å². The van der Waals surface area contributed by atoms with Crippen LogP contribution in [0.2, 0.25) is 0 Å². The zero-order chi connectivity index (χ0) is 24.4. The van der Waals surface area contributed by atoms with Crippen LogP contribution in [-0.2, 0) is 20.8 Å². The normalized spacial score (nSPS) is 16.9. The number of nitrogens with one attached hydrogen (secondary N) is 1. The van der Waals surface area contributed by atoms with Crippen LogP contribution in [0.3, 0.4) is 0 Å². The van der Waals surface area contributed by atoms with Crippen LogP contribution in [0.1, 0.15) is 33.3 Å². The van der Waals surface area contributed by atoms with Crippen molar-refractivity contribution < 1.29 is 33.4 Å². The van der Waals surface area contributed by atoms with Crippen molar-refractivity contribution in [2.45, 2.75) is 18.6 Å². The molecule has 10 heteroatoms. The number of fused-ring (bicyclic) bond motifs is 3. The summed E-state index contributed by atoms with van der Waals surface area (Å²) < 4.78 is 16.0. The Morgan fingerprint density at radius 3 is 2.46 bits per heavy atom. The van der Waals surface area contributed by atoms with E-state index in [1.54, 1.807) is 0 Å². The summed E-state index contributed by atoms with van der Waals surface area (Å²) in [4.78, 5) is 41.8. The fourth-order valence-electron chi connectivity index (χ4n) is 4.51. The fourth-order valence-corrected chi connectivity index (χ4v) is 4.51. The van der Waals surface area contributed by atoms with Gasteiger partial charge in [-0.2, -0.15) is 0 Å². The van der Waals surface area contributed by atoms with E-state index in [9.17, 15) is 14.4 Å². The Bertz CT molecular complexity index is 1230. The van der Waals surface area contributed by atoms with E-state index in [1.807, 2.05) is 36.4 Å². The molecule has 5 rings (SSSR count). The summed E-state index contributed by atoms with van der Waals surface area (Å²) in [5.74, 6) is -1.54. The first-order chi connectivity index (χ1) is 17.0. The lowest BCUT2D eigenvalue weighted by Gasteiger charge is -2.30.